The maximum Gasteiger partial charge on any atom is 0.425 e. The van der Waals surface area contributed by atoms with E-state index in [4.69, 9.17) is 11.6 Å². The smallest absolute Gasteiger partial charge is 0.326 e. The molecule has 0 aromatic heterocycles. The standard InChI is InChI=1S/C28H27ClF4N2O3/c1-25(2,3)16-8-6-15(7-9-16)23(37)34-27(28(31,32)33)22-20(13-26(4,5)14-21(22)36)35(24(27)38)17-10-11-19(30)18(29)12-17/h6-12H,13-14H2,1-5H3,(H,34,37)/t27-/m0/s1. The Morgan fingerprint density at radius 1 is 1.00 bits per heavy atom. The maximum absolute atomic E-state index is 15.0. The van der Waals surface area contributed by atoms with Gasteiger partial charge in [0, 0.05) is 17.7 Å². The van der Waals surface area contributed by atoms with Crippen LogP contribution in [-0.2, 0) is 15.0 Å². The van der Waals surface area contributed by atoms with Crippen LogP contribution in [0, 0.1) is 11.2 Å². The maximum atomic E-state index is 15.0. The van der Waals surface area contributed by atoms with Crippen molar-refractivity contribution >= 4 is 34.9 Å². The van der Waals surface area contributed by atoms with Crippen molar-refractivity contribution in [1.82, 2.24) is 5.32 Å². The molecule has 38 heavy (non-hydrogen) atoms. The molecule has 2 aromatic carbocycles. The number of Topliss-reactive ketones (excluding diaryl/α,β-unsaturated/α-hetero) is 1. The molecule has 5 nitrogen and oxygen atoms in total. The minimum absolute atomic E-state index is 0.0667. The summed E-state index contributed by atoms with van der Waals surface area (Å²) in [7, 11) is 0. The highest BCUT2D eigenvalue weighted by Crippen LogP contribution is 2.53. The SMILES string of the molecule is CC1(C)CC(=O)C2=C(C1)N(c1ccc(F)c(Cl)c1)C(=O)[C@]2(NC(=O)c1ccc(C(C)(C)C)cc1)C(F)(F)F. The molecule has 202 valence electrons. The number of amides is 2. The number of ketones is 1. The van der Waals surface area contributed by atoms with E-state index >= 15 is 0 Å². The molecule has 10 heteroatoms. The first-order chi connectivity index (χ1) is 17.4. The zero-order chi connectivity index (χ0) is 28.4. The van der Waals surface area contributed by atoms with Crippen LogP contribution in [0.1, 0.15) is 63.4 Å². The van der Waals surface area contributed by atoms with E-state index < -0.39 is 51.1 Å². The number of carbonyl (C=O) groups excluding carboxylic acids is 3. The molecule has 0 saturated carbocycles. The topological polar surface area (TPSA) is 66.5 Å². The van der Waals surface area contributed by atoms with Crippen molar-refractivity contribution < 1.29 is 31.9 Å². The molecular weight excluding hydrogens is 524 g/mol. The van der Waals surface area contributed by atoms with Crippen LogP contribution in [0.3, 0.4) is 0 Å². The minimum atomic E-state index is -5.37. The Bertz CT molecular complexity index is 1370. The zero-order valence-electron chi connectivity index (χ0n) is 21.5. The summed E-state index contributed by atoms with van der Waals surface area (Å²) in [5, 5.41) is 1.49. The van der Waals surface area contributed by atoms with Crippen molar-refractivity contribution in [2.24, 2.45) is 5.41 Å². The van der Waals surface area contributed by atoms with Crippen molar-refractivity contribution in [1.29, 1.82) is 0 Å². The van der Waals surface area contributed by atoms with Gasteiger partial charge in [-0.3, -0.25) is 19.3 Å². The summed E-state index contributed by atoms with van der Waals surface area (Å²) in [6.07, 6.45) is -5.70. The van der Waals surface area contributed by atoms with E-state index in [-0.39, 0.29) is 35.2 Å². The lowest BCUT2D eigenvalue weighted by molar-refractivity contribution is -0.186. The molecule has 0 fully saturated rings. The third-order valence-corrected chi connectivity index (χ3v) is 7.21. The Morgan fingerprint density at radius 2 is 1.61 bits per heavy atom. The molecule has 0 bridgehead atoms. The van der Waals surface area contributed by atoms with Crippen molar-refractivity contribution in [2.75, 3.05) is 4.90 Å². The van der Waals surface area contributed by atoms with Crippen LogP contribution in [0.4, 0.5) is 23.2 Å². The number of anilines is 1. The number of benzene rings is 2. The summed E-state index contributed by atoms with van der Waals surface area (Å²) in [4.78, 5) is 41.1. The molecule has 0 spiro atoms. The van der Waals surface area contributed by atoms with Gasteiger partial charge in [-0.1, -0.05) is 58.4 Å². The van der Waals surface area contributed by atoms with Crippen LogP contribution >= 0.6 is 11.6 Å². The van der Waals surface area contributed by atoms with Gasteiger partial charge in [-0.25, -0.2) is 4.39 Å². The van der Waals surface area contributed by atoms with Crippen molar-refractivity contribution in [2.45, 2.75) is 64.6 Å². The first-order valence-corrected chi connectivity index (χ1v) is 12.3. The van der Waals surface area contributed by atoms with E-state index in [2.05, 4.69) is 0 Å². The Kier molecular flexibility index (Phi) is 6.54. The van der Waals surface area contributed by atoms with Gasteiger partial charge in [0.05, 0.1) is 16.3 Å². The molecule has 0 saturated heterocycles. The van der Waals surface area contributed by atoms with Crippen LogP contribution in [0.5, 0.6) is 0 Å². The van der Waals surface area contributed by atoms with Crippen molar-refractivity contribution in [3.8, 4) is 0 Å². The Hall–Kier alpha value is -3.20. The van der Waals surface area contributed by atoms with Crippen LogP contribution < -0.4 is 10.2 Å². The Balaban J connectivity index is 1.89. The molecule has 4 rings (SSSR count). The van der Waals surface area contributed by atoms with Crippen molar-refractivity contribution in [3.63, 3.8) is 0 Å². The Morgan fingerprint density at radius 3 is 2.13 bits per heavy atom. The van der Waals surface area contributed by atoms with Gasteiger partial charge in [0.1, 0.15) is 5.82 Å². The number of carbonyl (C=O) groups is 3. The second-order valence-electron chi connectivity index (χ2n) is 11.5. The summed E-state index contributed by atoms with van der Waals surface area (Å²) in [6, 6.07) is 9.04. The largest absolute Gasteiger partial charge is 0.425 e. The average Bonchev–Trinajstić information content (AvgIpc) is 3.02. The van der Waals surface area contributed by atoms with Gasteiger partial charge in [0.25, 0.3) is 11.8 Å². The van der Waals surface area contributed by atoms with E-state index in [9.17, 15) is 31.9 Å². The lowest BCUT2D eigenvalue weighted by atomic mass is 9.72. The Labute approximate surface area is 222 Å². The number of rotatable bonds is 3. The van der Waals surface area contributed by atoms with Crippen molar-refractivity contribution in [3.05, 3.63) is 75.7 Å². The zero-order valence-corrected chi connectivity index (χ0v) is 22.3. The summed E-state index contributed by atoms with van der Waals surface area (Å²) >= 11 is 5.88. The highest BCUT2D eigenvalue weighted by atomic mass is 35.5. The lowest BCUT2D eigenvalue weighted by Gasteiger charge is -2.35. The van der Waals surface area contributed by atoms with Gasteiger partial charge in [-0.05, 0) is 53.1 Å². The molecule has 2 aliphatic rings. The first kappa shape index (κ1) is 27.8. The van der Waals surface area contributed by atoms with Crippen LogP contribution in [0.25, 0.3) is 0 Å². The lowest BCUT2D eigenvalue weighted by Crippen LogP contribution is -2.66. The fourth-order valence-corrected chi connectivity index (χ4v) is 5.19. The predicted molar refractivity (Wildman–Crippen MR) is 135 cm³/mol. The molecule has 1 heterocycles. The molecule has 2 amide bonds. The third kappa shape index (κ3) is 4.51. The molecule has 0 radical (unpaired) electrons. The minimum Gasteiger partial charge on any atom is -0.326 e. The number of allylic oxidation sites excluding steroid dienone is 1. The van der Waals surface area contributed by atoms with E-state index in [1.54, 1.807) is 26.0 Å². The average molecular weight is 551 g/mol. The normalized spacial score (nSPS) is 21.6. The highest BCUT2D eigenvalue weighted by Gasteiger charge is 2.72. The second kappa shape index (κ2) is 8.93. The monoisotopic (exact) mass is 550 g/mol. The summed E-state index contributed by atoms with van der Waals surface area (Å²) in [5.41, 5.74) is -5.08. The molecule has 1 aliphatic heterocycles. The van der Waals surface area contributed by atoms with Gasteiger partial charge in [0.2, 0.25) is 5.54 Å². The predicted octanol–water partition coefficient (Wildman–Crippen LogP) is 6.50. The number of hydrogen-bond acceptors (Lipinski definition) is 3. The van der Waals surface area contributed by atoms with Gasteiger partial charge in [-0.15, -0.1) is 0 Å². The highest BCUT2D eigenvalue weighted by molar-refractivity contribution is 6.31. The number of nitrogens with zero attached hydrogens (tertiary/aromatic N) is 1. The molecule has 1 N–H and O–H groups in total. The van der Waals surface area contributed by atoms with Gasteiger partial charge < -0.3 is 5.32 Å². The fourth-order valence-electron chi connectivity index (χ4n) is 5.01. The quantitative estimate of drug-likeness (QED) is 0.444. The van der Waals surface area contributed by atoms with Gasteiger partial charge >= 0.3 is 6.18 Å². The van der Waals surface area contributed by atoms with Crippen LogP contribution in [0.2, 0.25) is 5.02 Å². The van der Waals surface area contributed by atoms with Gasteiger partial charge in [-0.2, -0.15) is 13.2 Å². The molecule has 0 unspecified atom stereocenters. The molecular formula is C28H27ClF4N2O3. The fraction of sp³-hybridized carbons (Fsp3) is 0.393. The van der Waals surface area contributed by atoms with Crippen LogP contribution in [0.15, 0.2) is 53.7 Å². The summed E-state index contributed by atoms with van der Waals surface area (Å²) in [6.45, 7) is 9.21. The van der Waals surface area contributed by atoms with E-state index in [1.807, 2.05) is 26.1 Å². The number of nitrogens with one attached hydrogen (secondary N) is 1. The second-order valence-corrected chi connectivity index (χ2v) is 11.9. The number of alkyl halides is 3. The van der Waals surface area contributed by atoms with E-state index in [1.165, 1.54) is 12.1 Å². The summed E-state index contributed by atoms with van der Waals surface area (Å²) in [5.74, 6) is -4.48. The van der Waals surface area contributed by atoms with E-state index in [0.29, 0.717) is 0 Å². The molecule has 1 atom stereocenters. The summed E-state index contributed by atoms with van der Waals surface area (Å²) < 4.78 is 58.9. The molecule has 2 aromatic rings. The van der Waals surface area contributed by atoms with Gasteiger partial charge in [0.15, 0.2) is 5.78 Å². The first-order valence-electron chi connectivity index (χ1n) is 12.0. The van der Waals surface area contributed by atoms with E-state index in [0.717, 1.165) is 28.7 Å². The van der Waals surface area contributed by atoms with Crippen LogP contribution in [-0.4, -0.2) is 29.3 Å². The third-order valence-electron chi connectivity index (χ3n) is 6.92. The number of hydrogen-bond donors (Lipinski definition) is 1. The number of halogens is 5. The molecule has 1 aliphatic carbocycles.